The van der Waals surface area contributed by atoms with Crippen molar-refractivity contribution < 1.29 is 0 Å². The predicted octanol–water partition coefficient (Wildman–Crippen LogP) is 39.7. The molecule has 135 heavy (non-hydrogen) atoms. The SMILES string of the molecule is CC.CC.CC.CC.CC.CC.CC.CC.CC.CC.CC.CC.CC.CC.CC.c1ccc2c(c1)Cc1c-2ccc2c1-c1c(cc3c4c1Cc1ccccc1N4c1ccccc1C3)C2.c1ccc2c(c1)Cc1cc3c(cc1-2)-c1c(cc2c4c1Cc1ccccc1N4c1ccccc1C2)C3.c1ccc2c(c1)Cc1ccc3c(c1-2)-c1c(cc2c4c1Cc1ccccc1N4c1ccccc1C2)C3. The number of hydrogen-bond donors (Lipinski definition) is 0. The molecule has 0 atom stereocenters. The van der Waals surface area contributed by atoms with Crippen molar-refractivity contribution in [2.45, 2.75) is 285 Å². The maximum Gasteiger partial charge on any atom is 0.0539 e. The Bertz CT molecular complexity index is 6470. The average Bonchev–Trinajstić information content (AvgIpc) is 1.60. The molecule has 12 aliphatic rings. The minimum atomic E-state index is 1.01. The van der Waals surface area contributed by atoms with Crippen LogP contribution in [0.4, 0.5) is 51.2 Å². The number of rotatable bonds is 0. The minimum Gasteiger partial charge on any atom is -0.309 e. The summed E-state index contributed by atoms with van der Waals surface area (Å²) in [6.45, 7) is 60.0. The smallest absolute Gasteiger partial charge is 0.0539 e. The number of hydrogen-bond acceptors (Lipinski definition) is 3. The van der Waals surface area contributed by atoms with E-state index in [9.17, 15) is 0 Å². The molecule has 0 amide bonds. The zero-order valence-electron chi connectivity index (χ0n) is 88.3. The van der Waals surface area contributed by atoms with Crippen molar-refractivity contribution in [3.8, 4) is 66.8 Å². The summed E-state index contributed by atoms with van der Waals surface area (Å²) in [6.07, 6.45) is 12.4. The lowest BCUT2D eigenvalue weighted by Crippen LogP contribution is -2.25. The van der Waals surface area contributed by atoms with Crippen molar-refractivity contribution in [1.29, 1.82) is 0 Å². The van der Waals surface area contributed by atoms with Gasteiger partial charge in [-0.15, -0.1) is 0 Å². The molecule has 0 saturated carbocycles. The van der Waals surface area contributed by atoms with Gasteiger partial charge in [0.2, 0.25) is 0 Å². The lowest BCUT2D eigenvalue weighted by molar-refractivity contribution is 1.01. The number of nitrogens with zero attached hydrogens (tertiary/aromatic N) is 3. The molecule has 0 bridgehead atoms. The van der Waals surface area contributed by atoms with E-state index in [2.05, 4.69) is 288 Å². The quantitative estimate of drug-likeness (QED) is 0.150. The molecule has 6 heterocycles. The monoisotopic (exact) mass is 1790 g/mol. The molecule has 15 aromatic rings. The number of fused-ring (bicyclic) bond motifs is 35. The van der Waals surface area contributed by atoms with E-state index in [1.165, 1.54) is 246 Å². The van der Waals surface area contributed by atoms with Crippen molar-refractivity contribution in [3.05, 3.63) is 407 Å². The van der Waals surface area contributed by atoms with E-state index in [4.69, 9.17) is 0 Å². The van der Waals surface area contributed by atoms with Gasteiger partial charge in [-0.3, -0.25) is 0 Å². The number of anilines is 9. The average molecular weight is 1790 g/mol. The molecule has 3 heteroatoms. The van der Waals surface area contributed by atoms with Crippen LogP contribution >= 0.6 is 0 Å². The van der Waals surface area contributed by atoms with Gasteiger partial charge in [0, 0.05) is 72.6 Å². The van der Waals surface area contributed by atoms with Crippen LogP contribution in [0, 0.1) is 0 Å². The van der Waals surface area contributed by atoms with Gasteiger partial charge in [-0.2, -0.15) is 0 Å². The predicted molar refractivity (Wildman–Crippen MR) is 600 cm³/mol. The molecule has 0 spiro atoms. The first-order valence-corrected chi connectivity index (χ1v) is 53.2. The molecule has 0 saturated heterocycles. The topological polar surface area (TPSA) is 9.72 Å². The summed E-state index contributed by atoms with van der Waals surface area (Å²) in [6, 6.07) is 103. The van der Waals surface area contributed by atoms with Crippen LogP contribution in [-0.4, -0.2) is 0 Å². The van der Waals surface area contributed by atoms with Gasteiger partial charge < -0.3 is 14.7 Å². The summed E-state index contributed by atoms with van der Waals surface area (Å²) in [5.74, 6) is 0. The van der Waals surface area contributed by atoms with Crippen LogP contribution < -0.4 is 14.7 Å². The van der Waals surface area contributed by atoms with Gasteiger partial charge >= 0.3 is 0 Å². The number of para-hydroxylation sites is 6. The van der Waals surface area contributed by atoms with Gasteiger partial charge in [-0.25, -0.2) is 0 Å². The van der Waals surface area contributed by atoms with Gasteiger partial charge in [0.15, 0.2) is 0 Å². The van der Waals surface area contributed by atoms with E-state index in [0.29, 0.717) is 0 Å². The van der Waals surface area contributed by atoms with Crippen LogP contribution in [0.1, 0.15) is 341 Å². The second kappa shape index (κ2) is 49.8. The van der Waals surface area contributed by atoms with E-state index in [0.717, 1.165) is 77.0 Å². The van der Waals surface area contributed by atoms with Crippen molar-refractivity contribution in [2.24, 2.45) is 0 Å². The fraction of sp³-hybridized carbons (Fsp3) is 0.318. The highest BCUT2D eigenvalue weighted by Crippen LogP contribution is 2.62. The molecule has 0 unspecified atom stereocenters. The Morgan fingerprint density at radius 2 is 0.348 bits per heavy atom. The second-order valence-electron chi connectivity index (χ2n) is 31.5. The highest BCUT2D eigenvalue weighted by Gasteiger charge is 2.43. The van der Waals surface area contributed by atoms with E-state index >= 15 is 0 Å². The fourth-order valence-corrected chi connectivity index (χ4v) is 21.9. The van der Waals surface area contributed by atoms with Gasteiger partial charge in [0.1, 0.15) is 0 Å². The molecule has 6 aliphatic heterocycles. The van der Waals surface area contributed by atoms with Gasteiger partial charge in [0.05, 0.1) is 17.1 Å². The summed E-state index contributed by atoms with van der Waals surface area (Å²) in [4.78, 5) is 7.69. The molecular weight excluding hydrogens is 1630 g/mol. The Balaban J connectivity index is 0.000000184. The Kier molecular flexibility index (Phi) is 38.6. The maximum atomic E-state index is 2.57. The molecule has 3 nitrogen and oxygen atoms in total. The highest BCUT2D eigenvalue weighted by molar-refractivity contribution is 6.04. The van der Waals surface area contributed by atoms with Crippen LogP contribution in [0.3, 0.4) is 0 Å². The van der Waals surface area contributed by atoms with Gasteiger partial charge in [0.25, 0.3) is 0 Å². The Morgan fingerprint density at radius 3 is 0.733 bits per heavy atom. The van der Waals surface area contributed by atoms with Crippen LogP contribution in [0.5, 0.6) is 0 Å². The Hall–Kier alpha value is -12.3. The van der Waals surface area contributed by atoms with Crippen LogP contribution in [0.25, 0.3) is 66.8 Å². The molecule has 0 N–H and O–H groups in total. The van der Waals surface area contributed by atoms with Gasteiger partial charge in [-0.05, 0) is 281 Å². The molecular formula is C132H159N3. The summed E-state index contributed by atoms with van der Waals surface area (Å²) in [5, 5.41) is 0. The zero-order chi connectivity index (χ0) is 98.0. The lowest BCUT2D eigenvalue weighted by atomic mass is 9.81. The normalized spacial score (nSPS) is 12.3. The first-order chi connectivity index (χ1) is 67.0. The second-order valence-corrected chi connectivity index (χ2v) is 31.5. The van der Waals surface area contributed by atoms with Crippen molar-refractivity contribution in [3.63, 3.8) is 0 Å². The molecule has 6 aliphatic carbocycles. The molecule has 702 valence electrons. The summed E-state index contributed by atoms with van der Waals surface area (Å²) in [7, 11) is 0. The minimum absolute atomic E-state index is 1.01. The number of benzene rings is 15. The van der Waals surface area contributed by atoms with E-state index in [-0.39, 0.29) is 0 Å². The maximum absolute atomic E-state index is 2.57. The van der Waals surface area contributed by atoms with Crippen molar-refractivity contribution >= 4 is 51.2 Å². The third-order valence-corrected chi connectivity index (χ3v) is 26.0. The van der Waals surface area contributed by atoms with E-state index in [1.807, 2.05) is 208 Å². The lowest BCUT2D eigenvalue weighted by Gasteiger charge is -2.40. The van der Waals surface area contributed by atoms with Gasteiger partial charge in [-0.1, -0.05) is 438 Å². The van der Waals surface area contributed by atoms with E-state index in [1.54, 1.807) is 5.56 Å². The first-order valence-electron chi connectivity index (χ1n) is 53.2. The van der Waals surface area contributed by atoms with Crippen LogP contribution in [0.2, 0.25) is 0 Å². The molecule has 0 fully saturated rings. The third kappa shape index (κ3) is 18.8. The van der Waals surface area contributed by atoms with Crippen molar-refractivity contribution in [1.82, 2.24) is 0 Å². The summed E-state index contributed by atoms with van der Waals surface area (Å²) < 4.78 is 0. The summed E-state index contributed by atoms with van der Waals surface area (Å²) >= 11 is 0. The highest BCUT2D eigenvalue weighted by atomic mass is 15.2. The van der Waals surface area contributed by atoms with E-state index < -0.39 is 0 Å². The molecule has 0 aromatic heterocycles. The largest absolute Gasteiger partial charge is 0.309 e. The Labute approximate surface area is 818 Å². The van der Waals surface area contributed by atoms with Crippen molar-refractivity contribution in [2.75, 3.05) is 14.7 Å². The summed E-state index contributed by atoms with van der Waals surface area (Å²) in [5.41, 5.74) is 65.7. The molecule has 15 aromatic carbocycles. The Morgan fingerprint density at radius 1 is 0.126 bits per heavy atom. The first kappa shape index (κ1) is 105. The molecule has 27 rings (SSSR count). The van der Waals surface area contributed by atoms with Crippen LogP contribution in [-0.2, 0) is 77.0 Å². The third-order valence-electron chi connectivity index (χ3n) is 26.0. The molecule has 0 radical (unpaired) electrons. The fourth-order valence-electron chi connectivity index (χ4n) is 21.9. The van der Waals surface area contributed by atoms with Crippen LogP contribution in [0.15, 0.2) is 273 Å². The standard InChI is InChI=1S/3C34H23N.15C2H6/c1-4-10-27-20(7-1)13-23-15-24-16-25-17-26-14-21-8-2-5-11-31(21)35-32-12-6-3-9-22(32)18-30(34(26)35)33(25)29(24)19-28(23)27;1-4-10-26-20(7-1)18-28-27(26)14-13-23-16-24-17-25-15-21-8-2-5-11-30(21)35-31-12-6-3-9-22(31)19-29(34(25)35)33(24)32(23)28;1-4-10-27-20(7-1)15-23-13-14-24-17-25-18-26-16-21-8-2-5-11-29(21)35-30-12-6-3-9-22(30)19-28(34(26)35)32(25)33(24)31(23)27;15*1-2/h1-12,15,17,19H,13-14,16,18H2;1-14,17H,15-16,18-19H2;1-14,18H,15-17,19H2;15*1-2H3. The zero-order valence-corrected chi connectivity index (χ0v) is 88.3.